The van der Waals surface area contributed by atoms with Crippen molar-refractivity contribution in [3.63, 3.8) is 0 Å². The van der Waals surface area contributed by atoms with Gasteiger partial charge < -0.3 is 10.0 Å². The van der Waals surface area contributed by atoms with Crippen LogP contribution in [0.3, 0.4) is 0 Å². The highest BCUT2D eigenvalue weighted by atomic mass is 19.1. The highest BCUT2D eigenvalue weighted by Crippen LogP contribution is 2.25. The van der Waals surface area contributed by atoms with Gasteiger partial charge in [-0.25, -0.2) is 18.7 Å². The second-order valence-electron chi connectivity index (χ2n) is 8.46. The van der Waals surface area contributed by atoms with Gasteiger partial charge in [-0.1, -0.05) is 0 Å². The number of nitrogens with zero attached hydrogens (tertiary/aromatic N) is 5. The first kappa shape index (κ1) is 21.9. The van der Waals surface area contributed by atoms with Crippen molar-refractivity contribution in [2.45, 2.75) is 25.0 Å². The van der Waals surface area contributed by atoms with Crippen molar-refractivity contribution in [1.29, 1.82) is 0 Å². The predicted molar refractivity (Wildman–Crippen MR) is 120 cm³/mol. The second-order valence-corrected chi connectivity index (χ2v) is 8.46. The summed E-state index contributed by atoms with van der Waals surface area (Å²) in [6, 6.07) is 9.73. The van der Waals surface area contributed by atoms with Gasteiger partial charge in [-0.3, -0.25) is 18.7 Å². The fourth-order valence-electron chi connectivity index (χ4n) is 4.24. The molecule has 1 amide bonds. The number of fused-ring (bicyclic) bond motifs is 1. The molecule has 4 heterocycles. The molecule has 1 aliphatic rings. The Morgan fingerprint density at radius 2 is 1.71 bits per heavy atom. The Hall–Kier alpha value is -3.92. The number of aliphatic hydroxyl groups is 1. The molecule has 0 aliphatic carbocycles. The SMILES string of the molecule is O=C(c1ccc(F)cc1)N1CCC(O)(Cn2cnc3c(ccn3-c3ccc(F)cn3)c2=O)CC1. The highest BCUT2D eigenvalue weighted by molar-refractivity contribution is 5.94. The highest BCUT2D eigenvalue weighted by Gasteiger charge is 2.35. The third-order valence-electron chi connectivity index (χ3n) is 6.17. The monoisotopic (exact) mass is 465 g/mol. The minimum absolute atomic E-state index is 0.0350. The number of benzene rings is 1. The molecule has 0 atom stereocenters. The van der Waals surface area contributed by atoms with Crippen molar-refractivity contribution < 1.29 is 18.7 Å². The molecule has 1 fully saturated rings. The molecule has 1 aliphatic heterocycles. The second kappa shape index (κ2) is 8.45. The smallest absolute Gasteiger partial charge is 0.262 e. The minimum atomic E-state index is -1.18. The lowest BCUT2D eigenvalue weighted by Gasteiger charge is -2.38. The van der Waals surface area contributed by atoms with Crippen molar-refractivity contribution in [3.8, 4) is 5.82 Å². The van der Waals surface area contributed by atoms with Crippen LogP contribution < -0.4 is 5.56 Å². The van der Waals surface area contributed by atoms with Crippen molar-refractivity contribution in [1.82, 2.24) is 24.0 Å². The van der Waals surface area contributed by atoms with Gasteiger partial charge in [0, 0.05) is 24.8 Å². The van der Waals surface area contributed by atoms with E-state index in [4.69, 9.17) is 0 Å². The van der Waals surface area contributed by atoms with Crippen molar-refractivity contribution in [2.75, 3.05) is 13.1 Å². The lowest BCUT2D eigenvalue weighted by molar-refractivity contribution is -0.0299. The number of likely N-dealkylation sites (tertiary alicyclic amines) is 1. The molecule has 1 aromatic carbocycles. The van der Waals surface area contributed by atoms with Crippen LogP contribution >= 0.6 is 0 Å². The third kappa shape index (κ3) is 4.08. The van der Waals surface area contributed by atoms with Gasteiger partial charge >= 0.3 is 0 Å². The van der Waals surface area contributed by atoms with Gasteiger partial charge in [-0.05, 0) is 55.3 Å². The normalized spacial score (nSPS) is 15.6. The van der Waals surface area contributed by atoms with Gasteiger partial charge in [0.15, 0.2) is 5.65 Å². The fraction of sp³-hybridized carbons (Fsp3) is 0.250. The van der Waals surface area contributed by atoms with E-state index in [1.165, 1.54) is 47.3 Å². The molecule has 8 nitrogen and oxygen atoms in total. The Bertz CT molecular complexity index is 1410. The van der Waals surface area contributed by atoms with Crippen LogP contribution in [0, 0.1) is 11.6 Å². The molecular formula is C24H21F2N5O3. The number of carbonyl (C=O) groups excluding carboxylic acids is 1. The molecule has 174 valence electrons. The Morgan fingerprint density at radius 1 is 1.00 bits per heavy atom. The summed E-state index contributed by atoms with van der Waals surface area (Å²) < 4.78 is 29.3. The summed E-state index contributed by atoms with van der Waals surface area (Å²) in [4.78, 5) is 35.7. The van der Waals surface area contributed by atoms with Crippen LogP contribution in [0.2, 0.25) is 0 Å². The van der Waals surface area contributed by atoms with Crippen molar-refractivity contribution >= 4 is 16.9 Å². The Balaban J connectivity index is 1.32. The molecule has 0 spiro atoms. The number of pyridine rings is 1. The van der Waals surface area contributed by atoms with Crippen LogP contribution in [0.25, 0.3) is 16.9 Å². The van der Waals surface area contributed by atoms with E-state index < -0.39 is 17.2 Å². The molecule has 0 saturated carbocycles. The summed E-state index contributed by atoms with van der Waals surface area (Å²) in [6.07, 6.45) is 4.66. The number of hydrogen-bond acceptors (Lipinski definition) is 5. The maximum Gasteiger partial charge on any atom is 0.262 e. The van der Waals surface area contributed by atoms with E-state index >= 15 is 0 Å². The van der Waals surface area contributed by atoms with Crippen LogP contribution in [-0.4, -0.2) is 53.7 Å². The zero-order chi connectivity index (χ0) is 23.9. The molecule has 10 heteroatoms. The maximum absolute atomic E-state index is 13.2. The van der Waals surface area contributed by atoms with Gasteiger partial charge in [0.2, 0.25) is 0 Å². The van der Waals surface area contributed by atoms with Crippen LogP contribution in [0.1, 0.15) is 23.2 Å². The van der Waals surface area contributed by atoms with E-state index in [1.54, 1.807) is 21.7 Å². The van der Waals surface area contributed by atoms with Crippen molar-refractivity contribution in [3.05, 3.63) is 88.7 Å². The molecule has 0 radical (unpaired) electrons. The largest absolute Gasteiger partial charge is 0.388 e. The minimum Gasteiger partial charge on any atom is -0.388 e. The first-order chi connectivity index (χ1) is 16.3. The van der Waals surface area contributed by atoms with Gasteiger partial charge in [-0.2, -0.15) is 0 Å². The number of rotatable bonds is 4. The first-order valence-electron chi connectivity index (χ1n) is 10.8. The predicted octanol–water partition coefficient (Wildman–Crippen LogP) is 2.53. The molecule has 1 saturated heterocycles. The Labute approximate surface area is 192 Å². The summed E-state index contributed by atoms with van der Waals surface area (Å²) in [6.45, 7) is 0.654. The molecule has 3 aromatic heterocycles. The summed E-state index contributed by atoms with van der Waals surface area (Å²) in [5.41, 5.74) is -0.728. The van der Waals surface area contributed by atoms with Gasteiger partial charge in [0.1, 0.15) is 23.8 Å². The van der Waals surface area contributed by atoms with E-state index in [-0.39, 0.29) is 30.9 Å². The van der Waals surface area contributed by atoms with E-state index in [0.29, 0.717) is 35.5 Å². The Kier molecular flexibility index (Phi) is 5.45. The quantitative estimate of drug-likeness (QED) is 0.500. The van der Waals surface area contributed by atoms with Crippen LogP contribution in [0.5, 0.6) is 0 Å². The molecule has 34 heavy (non-hydrogen) atoms. The molecule has 1 N–H and O–H groups in total. The third-order valence-corrected chi connectivity index (χ3v) is 6.17. The van der Waals surface area contributed by atoms with Crippen LogP contribution in [-0.2, 0) is 6.54 Å². The average molecular weight is 465 g/mol. The van der Waals surface area contributed by atoms with Gasteiger partial charge in [0.25, 0.3) is 11.5 Å². The number of piperidine rings is 1. The molecule has 5 rings (SSSR count). The van der Waals surface area contributed by atoms with E-state index in [0.717, 1.165) is 6.20 Å². The van der Waals surface area contributed by atoms with Crippen LogP contribution in [0.15, 0.2) is 66.0 Å². The number of halogens is 2. The summed E-state index contributed by atoms with van der Waals surface area (Å²) in [5, 5.41) is 11.5. The summed E-state index contributed by atoms with van der Waals surface area (Å²) in [5.74, 6) is -0.671. The average Bonchev–Trinajstić information content (AvgIpc) is 3.27. The van der Waals surface area contributed by atoms with Crippen molar-refractivity contribution in [2.24, 2.45) is 0 Å². The number of hydrogen-bond donors (Lipinski definition) is 1. The first-order valence-corrected chi connectivity index (χ1v) is 10.8. The fourth-order valence-corrected chi connectivity index (χ4v) is 4.24. The van der Waals surface area contributed by atoms with Crippen LogP contribution in [0.4, 0.5) is 8.78 Å². The molecule has 0 bridgehead atoms. The number of aromatic nitrogens is 4. The van der Waals surface area contributed by atoms with E-state index in [1.807, 2.05) is 0 Å². The zero-order valence-electron chi connectivity index (χ0n) is 18.1. The summed E-state index contributed by atoms with van der Waals surface area (Å²) in [7, 11) is 0. The lowest BCUT2D eigenvalue weighted by Crippen LogP contribution is -2.49. The number of carbonyl (C=O) groups is 1. The van der Waals surface area contributed by atoms with Gasteiger partial charge in [-0.15, -0.1) is 0 Å². The van der Waals surface area contributed by atoms with E-state index in [2.05, 4.69) is 9.97 Å². The Morgan fingerprint density at radius 3 is 2.38 bits per heavy atom. The standard InChI is InChI=1S/C24H21F2N5O3/c25-17-3-1-16(2-4-17)22(32)29-11-8-24(34,9-12-29)14-30-15-28-21-19(23(30)33)7-10-31(21)20-6-5-18(26)13-27-20/h1-7,10,13,15,34H,8-9,11-12,14H2. The summed E-state index contributed by atoms with van der Waals surface area (Å²) >= 11 is 0. The lowest BCUT2D eigenvalue weighted by atomic mass is 9.91. The topological polar surface area (TPSA) is 93.2 Å². The maximum atomic E-state index is 13.2. The zero-order valence-corrected chi connectivity index (χ0v) is 18.1. The molecular weight excluding hydrogens is 444 g/mol. The van der Waals surface area contributed by atoms with E-state index in [9.17, 15) is 23.5 Å². The van der Waals surface area contributed by atoms with Gasteiger partial charge in [0.05, 0.1) is 23.7 Å². The molecule has 0 unspecified atom stereocenters. The number of amides is 1. The molecule has 4 aromatic rings.